The van der Waals surface area contributed by atoms with Crippen molar-refractivity contribution in [2.75, 3.05) is 5.32 Å². The standard InChI is InChI=1S/C20H24N2O/c1-5-9-10-14-17(7-3)21-20(23)22-19-15-11-13-16(12-6-2)18(19)8-4/h5-7,9-15H,1,3,8H2,2,4H3,(H2,21,22,23)/b10-9-,12-6-,17-14+. The summed E-state index contributed by atoms with van der Waals surface area (Å²) in [5.74, 6) is 0. The third-order valence-corrected chi connectivity index (χ3v) is 3.16. The van der Waals surface area contributed by atoms with Crippen LogP contribution in [0.1, 0.15) is 25.0 Å². The van der Waals surface area contributed by atoms with E-state index >= 15 is 0 Å². The molecule has 2 N–H and O–H groups in total. The topological polar surface area (TPSA) is 41.1 Å². The average Bonchev–Trinajstić information content (AvgIpc) is 2.54. The van der Waals surface area contributed by atoms with Gasteiger partial charge in [-0.1, -0.05) is 62.6 Å². The van der Waals surface area contributed by atoms with E-state index < -0.39 is 0 Å². The number of carbonyl (C=O) groups is 1. The molecule has 0 unspecified atom stereocenters. The third kappa shape index (κ3) is 5.83. The summed E-state index contributed by atoms with van der Waals surface area (Å²) in [6.07, 6.45) is 13.4. The molecule has 0 fully saturated rings. The first-order valence-electron chi connectivity index (χ1n) is 7.60. The van der Waals surface area contributed by atoms with Crippen LogP contribution in [0.5, 0.6) is 0 Å². The maximum atomic E-state index is 12.2. The number of benzene rings is 1. The van der Waals surface area contributed by atoms with E-state index in [1.54, 1.807) is 30.4 Å². The van der Waals surface area contributed by atoms with Crippen LogP contribution in [0.15, 0.2) is 73.5 Å². The molecule has 1 rings (SSSR count). The normalized spacial score (nSPS) is 11.7. The van der Waals surface area contributed by atoms with E-state index in [1.807, 2.05) is 37.3 Å². The summed E-state index contributed by atoms with van der Waals surface area (Å²) in [6, 6.07) is 5.58. The van der Waals surface area contributed by atoms with Crippen LogP contribution in [0, 0.1) is 0 Å². The van der Waals surface area contributed by atoms with Crippen molar-refractivity contribution in [1.29, 1.82) is 0 Å². The molecular weight excluding hydrogens is 284 g/mol. The summed E-state index contributed by atoms with van der Waals surface area (Å²) in [4.78, 5) is 12.2. The van der Waals surface area contributed by atoms with Gasteiger partial charge in [0.25, 0.3) is 0 Å². The molecule has 2 amide bonds. The lowest BCUT2D eigenvalue weighted by Crippen LogP contribution is -2.27. The number of anilines is 1. The monoisotopic (exact) mass is 308 g/mol. The average molecular weight is 308 g/mol. The van der Waals surface area contributed by atoms with Crippen molar-refractivity contribution in [2.24, 2.45) is 0 Å². The number of amides is 2. The van der Waals surface area contributed by atoms with Gasteiger partial charge in [0.1, 0.15) is 0 Å². The minimum absolute atomic E-state index is 0.296. The maximum Gasteiger partial charge on any atom is 0.323 e. The van der Waals surface area contributed by atoms with Crippen LogP contribution in [-0.4, -0.2) is 6.03 Å². The molecule has 3 heteroatoms. The second-order valence-corrected chi connectivity index (χ2v) is 4.75. The molecule has 23 heavy (non-hydrogen) atoms. The molecule has 0 radical (unpaired) electrons. The molecule has 0 aromatic heterocycles. The third-order valence-electron chi connectivity index (χ3n) is 3.16. The molecule has 120 valence electrons. The Kier molecular flexibility index (Phi) is 7.94. The Labute approximate surface area is 138 Å². The Bertz CT molecular complexity index is 652. The van der Waals surface area contributed by atoms with Crippen LogP contribution < -0.4 is 10.6 Å². The van der Waals surface area contributed by atoms with E-state index in [2.05, 4.69) is 30.7 Å². The van der Waals surface area contributed by atoms with Crippen LogP contribution in [0.25, 0.3) is 6.08 Å². The molecule has 0 saturated heterocycles. The molecule has 3 nitrogen and oxygen atoms in total. The number of carbonyl (C=O) groups excluding carboxylic acids is 1. The van der Waals surface area contributed by atoms with E-state index in [9.17, 15) is 4.79 Å². The first kappa shape index (κ1) is 18.2. The molecule has 0 aliphatic rings. The van der Waals surface area contributed by atoms with E-state index in [-0.39, 0.29) is 6.03 Å². The lowest BCUT2D eigenvalue weighted by molar-refractivity contribution is 0.254. The highest BCUT2D eigenvalue weighted by molar-refractivity contribution is 5.92. The van der Waals surface area contributed by atoms with Gasteiger partial charge in [-0.25, -0.2) is 4.79 Å². The van der Waals surface area contributed by atoms with Crippen LogP contribution in [0.2, 0.25) is 0 Å². The van der Waals surface area contributed by atoms with Gasteiger partial charge in [0.15, 0.2) is 0 Å². The maximum absolute atomic E-state index is 12.2. The zero-order chi connectivity index (χ0) is 17.1. The lowest BCUT2D eigenvalue weighted by Gasteiger charge is -2.13. The predicted molar refractivity (Wildman–Crippen MR) is 100 cm³/mol. The Hall–Kier alpha value is -2.81. The van der Waals surface area contributed by atoms with Crippen LogP contribution in [0.4, 0.5) is 10.5 Å². The molecule has 0 atom stereocenters. The summed E-state index contributed by atoms with van der Waals surface area (Å²) >= 11 is 0. The summed E-state index contributed by atoms with van der Waals surface area (Å²) in [5, 5.41) is 5.66. The summed E-state index contributed by atoms with van der Waals surface area (Å²) in [7, 11) is 0. The van der Waals surface area contributed by atoms with Gasteiger partial charge >= 0.3 is 6.03 Å². The highest BCUT2D eigenvalue weighted by Gasteiger charge is 2.08. The number of allylic oxidation sites excluding steroid dienone is 6. The highest BCUT2D eigenvalue weighted by atomic mass is 16.2. The minimum atomic E-state index is -0.296. The number of urea groups is 1. The Morgan fingerprint density at radius 1 is 1.26 bits per heavy atom. The Morgan fingerprint density at radius 3 is 2.65 bits per heavy atom. The van der Waals surface area contributed by atoms with Crippen LogP contribution >= 0.6 is 0 Å². The van der Waals surface area contributed by atoms with Gasteiger partial charge in [-0.3, -0.25) is 0 Å². The van der Waals surface area contributed by atoms with E-state index in [0.717, 1.165) is 23.2 Å². The van der Waals surface area contributed by atoms with Gasteiger partial charge in [-0.05, 0) is 42.7 Å². The fraction of sp³-hybridized carbons (Fsp3) is 0.150. The number of rotatable bonds is 7. The van der Waals surface area contributed by atoms with Crippen LogP contribution in [-0.2, 0) is 6.42 Å². The van der Waals surface area contributed by atoms with E-state index in [4.69, 9.17) is 0 Å². The Morgan fingerprint density at radius 2 is 2.04 bits per heavy atom. The first-order valence-corrected chi connectivity index (χ1v) is 7.60. The molecule has 1 aromatic rings. The fourth-order valence-electron chi connectivity index (χ4n) is 2.14. The van der Waals surface area contributed by atoms with Crippen molar-refractivity contribution >= 4 is 17.8 Å². The van der Waals surface area contributed by atoms with Gasteiger partial charge in [-0.2, -0.15) is 0 Å². The molecule has 0 spiro atoms. The number of hydrogen-bond acceptors (Lipinski definition) is 1. The summed E-state index contributed by atoms with van der Waals surface area (Å²) in [5.41, 5.74) is 3.64. The second-order valence-electron chi connectivity index (χ2n) is 4.75. The van der Waals surface area contributed by atoms with Crippen molar-refractivity contribution in [3.8, 4) is 0 Å². The molecular formula is C20H24N2O. The summed E-state index contributed by atoms with van der Waals surface area (Å²) in [6.45, 7) is 11.3. The fourth-order valence-corrected chi connectivity index (χ4v) is 2.14. The SMILES string of the molecule is C=C/C=C\C=C(/C=C)NC(=O)Nc1cccc(/C=C\C)c1CC. The van der Waals surface area contributed by atoms with Crippen LogP contribution in [0.3, 0.4) is 0 Å². The van der Waals surface area contributed by atoms with Crippen molar-refractivity contribution in [2.45, 2.75) is 20.3 Å². The first-order chi connectivity index (χ1) is 11.2. The van der Waals surface area contributed by atoms with E-state index in [1.165, 1.54) is 0 Å². The van der Waals surface area contributed by atoms with Crippen molar-refractivity contribution in [3.05, 3.63) is 84.6 Å². The molecule has 0 aliphatic heterocycles. The molecule has 0 saturated carbocycles. The number of hydrogen-bond donors (Lipinski definition) is 2. The van der Waals surface area contributed by atoms with Gasteiger partial charge in [0.2, 0.25) is 0 Å². The molecule has 0 heterocycles. The van der Waals surface area contributed by atoms with Crippen molar-refractivity contribution in [3.63, 3.8) is 0 Å². The lowest BCUT2D eigenvalue weighted by atomic mass is 10.0. The predicted octanol–water partition coefficient (Wildman–Crippen LogP) is 5.22. The van der Waals surface area contributed by atoms with E-state index in [0.29, 0.717) is 5.70 Å². The van der Waals surface area contributed by atoms with Gasteiger partial charge in [0.05, 0.1) is 0 Å². The number of nitrogens with one attached hydrogen (secondary N) is 2. The Balaban J connectivity index is 2.91. The van der Waals surface area contributed by atoms with Gasteiger partial charge in [0, 0.05) is 11.4 Å². The molecule has 1 aromatic carbocycles. The summed E-state index contributed by atoms with van der Waals surface area (Å²) < 4.78 is 0. The molecule has 0 bridgehead atoms. The molecule has 0 aliphatic carbocycles. The van der Waals surface area contributed by atoms with Gasteiger partial charge < -0.3 is 10.6 Å². The quantitative estimate of drug-likeness (QED) is 0.666. The highest BCUT2D eigenvalue weighted by Crippen LogP contribution is 2.22. The van der Waals surface area contributed by atoms with Gasteiger partial charge in [-0.15, -0.1) is 0 Å². The largest absolute Gasteiger partial charge is 0.323 e. The zero-order valence-electron chi connectivity index (χ0n) is 13.8. The van der Waals surface area contributed by atoms with Crippen molar-refractivity contribution < 1.29 is 4.79 Å². The minimum Gasteiger partial charge on any atom is -0.308 e. The van der Waals surface area contributed by atoms with Crippen molar-refractivity contribution in [1.82, 2.24) is 5.32 Å². The smallest absolute Gasteiger partial charge is 0.308 e. The zero-order valence-corrected chi connectivity index (χ0v) is 13.8. The second kappa shape index (κ2) is 10.0.